The van der Waals surface area contributed by atoms with E-state index in [4.69, 9.17) is 10.5 Å². The Morgan fingerprint density at radius 2 is 2.08 bits per heavy atom. The average molecular weight is 167 g/mol. The van der Waals surface area contributed by atoms with E-state index in [1.807, 2.05) is 6.92 Å². The van der Waals surface area contributed by atoms with Crippen molar-refractivity contribution in [3.05, 3.63) is 18.0 Å². The summed E-state index contributed by atoms with van der Waals surface area (Å²) >= 11 is 0. The molecule has 4 heteroatoms. The van der Waals surface area contributed by atoms with Crippen molar-refractivity contribution in [1.29, 1.82) is 0 Å². The Hall–Kier alpha value is -1.16. The van der Waals surface area contributed by atoms with Crippen LogP contribution in [0.1, 0.15) is 24.9 Å². The second-order valence-electron chi connectivity index (χ2n) is 2.52. The molecule has 2 N–H and O–H groups in total. The second kappa shape index (κ2) is 4.01. The van der Waals surface area contributed by atoms with Gasteiger partial charge in [0.25, 0.3) is 0 Å². The van der Waals surface area contributed by atoms with Crippen LogP contribution in [0, 0.1) is 0 Å². The van der Waals surface area contributed by atoms with Gasteiger partial charge in [-0.1, -0.05) is 6.92 Å². The number of aromatic nitrogens is 2. The quantitative estimate of drug-likeness (QED) is 0.726. The van der Waals surface area contributed by atoms with Crippen LogP contribution in [0.2, 0.25) is 0 Å². The summed E-state index contributed by atoms with van der Waals surface area (Å²) in [5.41, 5.74) is 6.71. The molecule has 0 radical (unpaired) electrons. The van der Waals surface area contributed by atoms with E-state index in [1.54, 1.807) is 12.4 Å². The number of nitrogens with zero attached hydrogens (tertiary/aromatic N) is 2. The Labute approximate surface area is 71.8 Å². The van der Waals surface area contributed by atoms with Gasteiger partial charge in [0.15, 0.2) is 0 Å². The van der Waals surface area contributed by atoms with E-state index in [-0.39, 0.29) is 6.04 Å². The second-order valence-corrected chi connectivity index (χ2v) is 2.52. The van der Waals surface area contributed by atoms with Gasteiger partial charge in [0.05, 0.1) is 7.11 Å². The third-order valence-corrected chi connectivity index (χ3v) is 1.70. The molecule has 1 aromatic heterocycles. The molecule has 0 bridgehead atoms. The summed E-state index contributed by atoms with van der Waals surface area (Å²) in [7, 11) is 1.54. The van der Waals surface area contributed by atoms with Gasteiger partial charge >= 0.3 is 6.01 Å². The summed E-state index contributed by atoms with van der Waals surface area (Å²) in [4.78, 5) is 7.91. The normalized spacial score (nSPS) is 12.6. The molecule has 1 aromatic rings. The minimum absolute atomic E-state index is 0.0240. The first-order chi connectivity index (χ1) is 5.77. The largest absolute Gasteiger partial charge is 0.467 e. The van der Waals surface area contributed by atoms with Crippen molar-refractivity contribution in [1.82, 2.24) is 9.97 Å². The van der Waals surface area contributed by atoms with Gasteiger partial charge in [-0.15, -0.1) is 0 Å². The zero-order chi connectivity index (χ0) is 8.97. The molecule has 12 heavy (non-hydrogen) atoms. The molecule has 4 nitrogen and oxygen atoms in total. The van der Waals surface area contributed by atoms with Gasteiger partial charge in [-0.3, -0.25) is 0 Å². The van der Waals surface area contributed by atoms with Crippen LogP contribution in [0.5, 0.6) is 6.01 Å². The predicted octanol–water partition coefficient (Wildman–Crippen LogP) is 0.895. The van der Waals surface area contributed by atoms with E-state index >= 15 is 0 Å². The first-order valence-electron chi connectivity index (χ1n) is 3.89. The average Bonchev–Trinajstić information content (AvgIpc) is 2.17. The van der Waals surface area contributed by atoms with Crippen LogP contribution >= 0.6 is 0 Å². The van der Waals surface area contributed by atoms with E-state index in [2.05, 4.69) is 9.97 Å². The first kappa shape index (κ1) is 8.93. The lowest BCUT2D eigenvalue weighted by atomic mass is 10.1. The molecule has 0 aliphatic heterocycles. The van der Waals surface area contributed by atoms with E-state index in [0.29, 0.717) is 6.01 Å². The molecule has 0 aromatic carbocycles. The fourth-order valence-corrected chi connectivity index (χ4v) is 0.859. The number of hydrogen-bond donors (Lipinski definition) is 1. The zero-order valence-electron chi connectivity index (χ0n) is 7.32. The molecule has 66 valence electrons. The molecule has 0 saturated carbocycles. The van der Waals surface area contributed by atoms with E-state index < -0.39 is 0 Å². The van der Waals surface area contributed by atoms with Gasteiger partial charge in [-0.25, -0.2) is 9.97 Å². The number of hydrogen-bond acceptors (Lipinski definition) is 4. The van der Waals surface area contributed by atoms with E-state index in [1.165, 1.54) is 7.11 Å². The fraction of sp³-hybridized carbons (Fsp3) is 0.500. The van der Waals surface area contributed by atoms with E-state index in [9.17, 15) is 0 Å². The predicted molar refractivity (Wildman–Crippen MR) is 45.8 cm³/mol. The summed E-state index contributed by atoms with van der Waals surface area (Å²) in [6.07, 6.45) is 4.27. The van der Waals surface area contributed by atoms with E-state index in [0.717, 1.165) is 12.0 Å². The summed E-state index contributed by atoms with van der Waals surface area (Å²) in [6.45, 7) is 2.02. The number of nitrogens with two attached hydrogens (primary N) is 1. The van der Waals surface area contributed by atoms with Gasteiger partial charge in [-0.05, 0) is 6.42 Å². The molecule has 1 unspecified atom stereocenters. The van der Waals surface area contributed by atoms with Crippen molar-refractivity contribution in [3.8, 4) is 6.01 Å². The highest BCUT2D eigenvalue weighted by Crippen LogP contribution is 2.11. The van der Waals surface area contributed by atoms with Crippen LogP contribution in [-0.2, 0) is 0 Å². The molecule has 1 heterocycles. The van der Waals surface area contributed by atoms with Gasteiger partial charge in [0.1, 0.15) is 0 Å². The lowest BCUT2D eigenvalue weighted by Gasteiger charge is -2.07. The van der Waals surface area contributed by atoms with Gasteiger partial charge < -0.3 is 10.5 Å². The maximum absolute atomic E-state index is 5.76. The summed E-state index contributed by atoms with van der Waals surface area (Å²) in [6, 6.07) is 0.401. The standard InChI is InChI=1S/C8H13N3O/c1-3-7(9)6-4-10-8(12-2)11-5-6/h4-5,7H,3,9H2,1-2H3. The number of rotatable bonds is 3. The van der Waals surface area contributed by atoms with Crippen LogP contribution in [0.3, 0.4) is 0 Å². The van der Waals surface area contributed by atoms with Crippen molar-refractivity contribution >= 4 is 0 Å². The monoisotopic (exact) mass is 167 g/mol. The molecule has 0 aliphatic rings. The van der Waals surface area contributed by atoms with Gasteiger partial charge in [0.2, 0.25) is 0 Å². The Bertz CT molecular complexity index is 235. The summed E-state index contributed by atoms with van der Waals surface area (Å²) in [5.74, 6) is 0. The molecule has 0 fully saturated rings. The van der Waals surface area contributed by atoms with Crippen LogP contribution in [0.25, 0.3) is 0 Å². The minimum atomic E-state index is 0.0240. The van der Waals surface area contributed by atoms with Crippen molar-refractivity contribution in [2.75, 3.05) is 7.11 Å². The molecule has 1 atom stereocenters. The van der Waals surface area contributed by atoms with Crippen molar-refractivity contribution in [2.45, 2.75) is 19.4 Å². The highest BCUT2D eigenvalue weighted by molar-refractivity contribution is 5.11. The molecule has 1 rings (SSSR count). The van der Waals surface area contributed by atoms with Crippen molar-refractivity contribution in [2.24, 2.45) is 5.73 Å². The first-order valence-corrected chi connectivity index (χ1v) is 3.89. The Balaban J connectivity index is 2.77. The number of methoxy groups -OCH3 is 1. The highest BCUT2D eigenvalue weighted by atomic mass is 16.5. The maximum atomic E-state index is 5.76. The Morgan fingerprint density at radius 3 is 2.50 bits per heavy atom. The van der Waals surface area contributed by atoms with Crippen LogP contribution in [0.4, 0.5) is 0 Å². The Kier molecular flexibility index (Phi) is 2.99. The fourth-order valence-electron chi connectivity index (χ4n) is 0.859. The molecular weight excluding hydrogens is 154 g/mol. The molecular formula is C8H13N3O. The number of ether oxygens (including phenoxy) is 1. The SMILES string of the molecule is CCC(N)c1cnc(OC)nc1. The highest BCUT2D eigenvalue weighted by Gasteiger charge is 2.03. The molecule has 0 amide bonds. The topological polar surface area (TPSA) is 61.0 Å². The van der Waals surface area contributed by atoms with Crippen LogP contribution in [-0.4, -0.2) is 17.1 Å². The van der Waals surface area contributed by atoms with Crippen LogP contribution < -0.4 is 10.5 Å². The lowest BCUT2D eigenvalue weighted by Crippen LogP contribution is -2.09. The zero-order valence-corrected chi connectivity index (χ0v) is 7.32. The molecule has 0 spiro atoms. The smallest absolute Gasteiger partial charge is 0.316 e. The third kappa shape index (κ3) is 1.92. The minimum Gasteiger partial charge on any atom is -0.467 e. The lowest BCUT2D eigenvalue weighted by molar-refractivity contribution is 0.378. The summed E-state index contributed by atoms with van der Waals surface area (Å²) in [5, 5.41) is 0. The van der Waals surface area contributed by atoms with Crippen LogP contribution in [0.15, 0.2) is 12.4 Å². The Morgan fingerprint density at radius 1 is 1.50 bits per heavy atom. The van der Waals surface area contributed by atoms with Gasteiger partial charge in [0, 0.05) is 24.0 Å². The summed E-state index contributed by atoms with van der Waals surface area (Å²) < 4.78 is 4.82. The molecule has 0 saturated heterocycles. The van der Waals surface area contributed by atoms with Crippen molar-refractivity contribution < 1.29 is 4.74 Å². The third-order valence-electron chi connectivity index (χ3n) is 1.70. The van der Waals surface area contributed by atoms with Crippen molar-refractivity contribution in [3.63, 3.8) is 0 Å². The molecule has 0 aliphatic carbocycles. The van der Waals surface area contributed by atoms with Gasteiger partial charge in [-0.2, -0.15) is 0 Å². The maximum Gasteiger partial charge on any atom is 0.316 e.